The number of aryl methyl sites for hydroxylation is 1. The molecule has 0 bridgehead atoms. The summed E-state index contributed by atoms with van der Waals surface area (Å²) in [6, 6.07) is 14.3. The predicted molar refractivity (Wildman–Crippen MR) is 100 cm³/mol. The highest BCUT2D eigenvalue weighted by molar-refractivity contribution is 7.09. The molecule has 0 saturated carbocycles. The summed E-state index contributed by atoms with van der Waals surface area (Å²) in [6.07, 6.45) is 5.53. The van der Waals surface area contributed by atoms with E-state index < -0.39 is 0 Å². The van der Waals surface area contributed by atoms with Crippen LogP contribution in [0, 0.1) is 6.92 Å². The Balaban J connectivity index is 1.65. The molecule has 0 aliphatic carbocycles. The normalized spacial score (nSPS) is 17.0. The van der Waals surface area contributed by atoms with E-state index in [4.69, 9.17) is 0 Å². The maximum absolute atomic E-state index is 12.9. The van der Waals surface area contributed by atoms with Crippen LogP contribution >= 0.6 is 11.3 Å². The molecule has 0 saturated heterocycles. The summed E-state index contributed by atoms with van der Waals surface area (Å²) in [5, 5.41) is 2.97. The third-order valence-corrected chi connectivity index (χ3v) is 5.26. The number of fused-ring (bicyclic) bond motifs is 1. The zero-order chi connectivity index (χ0) is 17.2. The molecule has 0 fully saturated rings. The van der Waals surface area contributed by atoms with Crippen LogP contribution in [0.1, 0.15) is 28.0 Å². The van der Waals surface area contributed by atoms with Crippen molar-refractivity contribution in [3.63, 3.8) is 0 Å². The Morgan fingerprint density at radius 2 is 2.04 bits per heavy atom. The van der Waals surface area contributed by atoms with Crippen LogP contribution < -0.4 is 0 Å². The van der Waals surface area contributed by atoms with Gasteiger partial charge in [-0.1, -0.05) is 30.3 Å². The quantitative estimate of drug-likeness (QED) is 0.673. The summed E-state index contributed by atoms with van der Waals surface area (Å²) in [5.74, 6) is 0.0203. The van der Waals surface area contributed by atoms with E-state index in [0.717, 1.165) is 28.5 Å². The summed E-state index contributed by atoms with van der Waals surface area (Å²) in [7, 11) is 0. The maximum atomic E-state index is 12.9. The highest BCUT2D eigenvalue weighted by atomic mass is 32.1. The van der Waals surface area contributed by atoms with Gasteiger partial charge >= 0.3 is 0 Å². The van der Waals surface area contributed by atoms with Crippen LogP contribution in [0.15, 0.2) is 60.1 Å². The minimum Gasteiger partial charge on any atom is -0.348 e. The van der Waals surface area contributed by atoms with Gasteiger partial charge in [0.25, 0.3) is 0 Å². The molecule has 0 unspecified atom stereocenters. The molecule has 3 heterocycles. The van der Waals surface area contributed by atoms with E-state index in [-0.39, 0.29) is 11.9 Å². The van der Waals surface area contributed by atoms with Gasteiger partial charge in [0.15, 0.2) is 0 Å². The van der Waals surface area contributed by atoms with Crippen LogP contribution in [0.5, 0.6) is 0 Å². The molecule has 0 radical (unpaired) electrons. The van der Waals surface area contributed by atoms with E-state index >= 15 is 0 Å². The third-order valence-electron chi connectivity index (χ3n) is 4.47. The molecule has 1 amide bonds. The minimum absolute atomic E-state index is 0.0203. The Morgan fingerprint density at radius 3 is 2.80 bits per heavy atom. The number of thiazole rings is 1. The molecule has 4 rings (SSSR count). The summed E-state index contributed by atoms with van der Waals surface area (Å²) >= 11 is 1.59. The number of amides is 1. The zero-order valence-electron chi connectivity index (χ0n) is 14.0. The topological polar surface area (TPSA) is 38.1 Å². The fourth-order valence-corrected chi connectivity index (χ4v) is 3.90. The molecule has 25 heavy (non-hydrogen) atoms. The van der Waals surface area contributed by atoms with E-state index in [2.05, 4.69) is 33.9 Å². The first-order chi connectivity index (χ1) is 12.2. The Morgan fingerprint density at radius 1 is 1.20 bits per heavy atom. The van der Waals surface area contributed by atoms with Crippen molar-refractivity contribution in [3.05, 3.63) is 82.1 Å². The van der Waals surface area contributed by atoms with Crippen LogP contribution in [0.4, 0.5) is 0 Å². The first-order valence-electron chi connectivity index (χ1n) is 8.33. The van der Waals surface area contributed by atoms with Gasteiger partial charge in [-0.05, 0) is 30.7 Å². The third kappa shape index (κ3) is 3.15. The van der Waals surface area contributed by atoms with Gasteiger partial charge in [0, 0.05) is 36.4 Å². The van der Waals surface area contributed by atoms with E-state index in [1.54, 1.807) is 17.4 Å². The molecule has 0 N–H and O–H groups in total. The molecule has 126 valence electrons. The van der Waals surface area contributed by atoms with Crippen molar-refractivity contribution in [2.24, 2.45) is 0 Å². The fraction of sp³-hybridized carbons (Fsp3) is 0.200. The highest BCUT2D eigenvalue weighted by Crippen LogP contribution is 2.32. The van der Waals surface area contributed by atoms with Crippen LogP contribution in [0.3, 0.4) is 0 Å². The lowest BCUT2D eigenvalue weighted by Gasteiger charge is -2.36. The number of aromatic nitrogens is 2. The van der Waals surface area contributed by atoms with Crippen molar-refractivity contribution in [1.82, 2.24) is 14.5 Å². The van der Waals surface area contributed by atoms with Crippen LogP contribution in [-0.2, 0) is 11.3 Å². The first-order valence-corrected chi connectivity index (χ1v) is 9.21. The zero-order valence-corrected chi connectivity index (χ0v) is 14.8. The van der Waals surface area contributed by atoms with Gasteiger partial charge in [0.2, 0.25) is 5.91 Å². The molecule has 1 aliphatic heterocycles. The Hall–Kier alpha value is -2.66. The van der Waals surface area contributed by atoms with Gasteiger partial charge in [0.1, 0.15) is 0 Å². The molecular weight excluding hydrogens is 330 g/mol. The molecule has 0 spiro atoms. The van der Waals surface area contributed by atoms with E-state index in [9.17, 15) is 4.79 Å². The maximum Gasteiger partial charge on any atom is 0.247 e. The average molecular weight is 349 g/mol. The van der Waals surface area contributed by atoms with Crippen LogP contribution in [-0.4, -0.2) is 26.9 Å². The number of carbonyl (C=O) groups is 1. The van der Waals surface area contributed by atoms with Crippen molar-refractivity contribution < 1.29 is 4.79 Å². The molecule has 2 aromatic heterocycles. The van der Waals surface area contributed by atoms with E-state index in [0.29, 0.717) is 6.54 Å². The fourth-order valence-electron chi connectivity index (χ4n) is 3.32. The molecule has 1 atom stereocenters. The molecule has 4 nitrogen and oxygen atoms in total. The largest absolute Gasteiger partial charge is 0.348 e. The second-order valence-electron chi connectivity index (χ2n) is 6.10. The second-order valence-corrected chi connectivity index (χ2v) is 7.16. The summed E-state index contributed by atoms with van der Waals surface area (Å²) < 4.78 is 2.23. The number of hydrogen-bond acceptors (Lipinski definition) is 3. The van der Waals surface area contributed by atoms with Gasteiger partial charge in [-0.15, -0.1) is 11.3 Å². The van der Waals surface area contributed by atoms with Gasteiger partial charge in [0.05, 0.1) is 16.7 Å². The van der Waals surface area contributed by atoms with Crippen molar-refractivity contribution in [1.29, 1.82) is 0 Å². The number of hydrogen-bond donors (Lipinski definition) is 0. The second kappa shape index (κ2) is 6.69. The summed E-state index contributed by atoms with van der Waals surface area (Å²) in [4.78, 5) is 19.2. The molecule has 1 aromatic carbocycles. The van der Waals surface area contributed by atoms with Gasteiger partial charge in [-0.25, -0.2) is 4.98 Å². The number of rotatable bonds is 3. The Kier molecular flexibility index (Phi) is 4.24. The lowest BCUT2D eigenvalue weighted by atomic mass is 10.00. The molecule has 1 aliphatic rings. The smallest absolute Gasteiger partial charge is 0.247 e. The van der Waals surface area contributed by atoms with Crippen molar-refractivity contribution in [2.45, 2.75) is 19.5 Å². The predicted octanol–water partition coefficient (Wildman–Crippen LogP) is 3.90. The SMILES string of the molecule is Cc1nc(/C=C\C(=O)N2CCn3cccc3[C@H]2c2ccccc2)cs1. The van der Waals surface area contributed by atoms with Gasteiger partial charge in [-0.2, -0.15) is 0 Å². The number of nitrogens with zero attached hydrogens (tertiary/aromatic N) is 3. The standard InChI is InChI=1S/C20H19N3OS/c1-15-21-17(14-25-15)9-10-19(24)23-13-12-22-11-5-8-18(22)20(23)16-6-3-2-4-7-16/h2-11,14,20H,12-13H2,1H3/b10-9-/t20-/m1/s1. The molecule has 3 aromatic rings. The highest BCUT2D eigenvalue weighted by Gasteiger charge is 2.30. The van der Waals surface area contributed by atoms with Crippen molar-refractivity contribution in [2.75, 3.05) is 6.54 Å². The van der Waals surface area contributed by atoms with Crippen LogP contribution in [0.2, 0.25) is 0 Å². The molecule has 5 heteroatoms. The lowest BCUT2D eigenvalue weighted by molar-refractivity contribution is -0.128. The number of carbonyl (C=O) groups excluding carboxylic acids is 1. The van der Waals surface area contributed by atoms with Gasteiger partial charge < -0.3 is 9.47 Å². The molecular formula is C20H19N3OS. The number of benzene rings is 1. The Labute approximate surface area is 151 Å². The first kappa shape index (κ1) is 15.8. The monoisotopic (exact) mass is 349 g/mol. The Bertz CT molecular complexity index is 910. The van der Waals surface area contributed by atoms with E-state index in [1.165, 1.54) is 0 Å². The van der Waals surface area contributed by atoms with Crippen molar-refractivity contribution >= 4 is 23.3 Å². The van der Waals surface area contributed by atoms with Gasteiger partial charge in [-0.3, -0.25) is 4.79 Å². The summed E-state index contributed by atoms with van der Waals surface area (Å²) in [5.41, 5.74) is 3.13. The van der Waals surface area contributed by atoms with Crippen LogP contribution in [0.25, 0.3) is 6.08 Å². The van der Waals surface area contributed by atoms with Crippen molar-refractivity contribution in [3.8, 4) is 0 Å². The lowest BCUT2D eigenvalue weighted by Crippen LogP contribution is -2.41. The minimum atomic E-state index is -0.0562. The average Bonchev–Trinajstić information content (AvgIpc) is 3.28. The van der Waals surface area contributed by atoms with E-state index in [1.807, 2.05) is 47.5 Å². The summed E-state index contributed by atoms with van der Waals surface area (Å²) in [6.45, 7) is 3.48.